The van der Waals surface area contributed by atoms with Crippen LogP contribution in [0.5, 0.6) is 0 Å². The highest BCUT2D eigenvalue weighted by molar-refractivity contribution is 6.31. The van der Waals surface area contributed by atoms with Crippen molar-refractivity contribution < 1.29 is 0 Å². The van der Waals surface area contributed by atoms with E-state index in [0.717, 1.165) is 22.0 Å². The zero-order valence-corrected chi connectivity index (χ0v) is 16.0. The number of para-hydroxylation sites is 1. The predicted octanol–water partition coefficient (Wildman–Crippen LogP) is 4.81. The van der Waals surface area contributed by atoms with Gasteiger partial charge in [0, 0.05) is 10.9 Å². The molecule has 0 radical (unpaired) electrons. The van der Waals surface area contributed by atoms with E-state index in [1.807, 2.05) is 32.0 Å². The van der Waals surface area contributed by atoms with Crippen molar-refractivity contribution in [2.75, 3.05) is 0 Å². The Morgan fingerprint density at radius 2 is 1.96 bits per heavy atom. The van der Waals surface area contributed by atoms with E-state index in [0.29, 0.717) is 16.5 Å². The van der Waals surface area contributed by atoms with Crippen LogP contribution in [-0.4, -0.2) is 15.0 Å². The molecule has 0 spiro atoms. The highest BCUT2D eigenvalue weighted by Crippen LogP contribution is 2.27. The van der Waals surface area contributed by atoms with Crippen LogP contribution in [0, 0.1) is 25.2 Å². The minimum Gasteiger partial charge on any atom is -0.305 e. The minimum atomic E-state index is -0.296. The van der Waals surface area contributed by atoms with Crippen molar-refractivity contribution in [2.24, 2.45) is 0 Å². The molecule has 0 bridgehead atoms. The van der Waals surface area contributed by atoms with Gasteiger partial charge in [0.1, 0.15) is 11.2 Å². The molecule has 28 heavy (non-hydrogen) atoms. The molecule has 136 valence electrons. The molecule has 0 atom stereocenters. The maximum Gasteiger partial charge on any atom is 0.259 e. The highest BCUT2D eigenvalue weighted by Gasteiger charge is 2.11. The Labute approximate surface area is 166 Å². The van der Waals surface area contributed by atoms with Crippen LogP contribution in [0.25, 0.3) is 33.5 Å². The number of pyridine rings is 1. The van der Waals surface area contributed by atoms with Crippen molar-refractivity contribution in [1.29, 1.82) is 5.26 Å². The normalized spacial score (nSPS) is 11.7. The van der Waals surface area contributed by atoms with Crippen molar-refractivity contribution in [3.63, 3.8) is 0 Å². The summed E-state index contributed by atoms with van der Waals surface area (Å²) in [7, 11) is 0. The first-order valence-electron chi connectivity index (χ1n) is 8.65. The number of benzene rings is 2. The Hall–Kier alpha value is -3.49. The van der Waals surface area contributed by atoms with Crippen molar-refractivity contribution in [3.05, 3.63) is 80.5 Å². The highest BCUT2D eigenvalue weighted by atomic mass is 35.5. The Balaban J connectivity index is 1.90. The summed E-state index contributed by atoms with van der Waals surface area (Å²) in [5, 5.41) is 11.3. The van der Waals surface area contributed by atoms with Crippen LogP contribution in [0.3, 0.4) is 0 Å². The zero-order chi connectivity index (χ0) is 19.8. The van der Waals surface area contributed by atoms with E-state index >= 15 is 0 Å². The second-order valence-electron chi connectivity index (χ2n) is 6.55. The fourth-order valence-electron chi connectivity index (χ4n) is 3.10. The third-order valence-corrected chi connectivity index (χ3v) is 5.08. The first-order chi connectivity index (χ1) is 13.5. The summed E-state index contributed by atoms with van der Waals surface area (Å²) >= 11 is 6.38. The first-order valence-corrected chi connectivity index (χ1v) is 9.03. The van der Waals surface area contributed by atoms with Gasteiger partial charge in [0.15, 0.2) is 5.82 Å². The van der Waals surface area contributed by atoms with E-state index in [-0.39, 0.29) is 22.1 Å². The van der Waals surface area contributed by atoms with E-state index in [4.69, 9.17) is 11.6 Å². The van der Waals surface area contributed by atoms with Gasteiger partial charge < -0.3 is 4.98 Å². The Kier molecular flexibility index (Phi) is 4.42. The van der Waals surface area contributed by atoms with Crippen LogP contribution >= 0.6 is 11.6 Å². The van der Waals surface area contributed by atoms with Crippen LogP contribution < -0.4 is 5.56 Å². The Morgan fingerprint density at radius 3 is 2.75 bits per heavy atom. The van der Waals surface area contributed by atoms with Gasteiger partial charge in [-0.15, -0.1) is 0 Å². The molecule has 0 aliphatic rings. The molecule has 4 rings (SSSR count). The molecular formula is C22H15ClN4O. The molecule has 6 heteroatoms. The molecule has 0 aliphatic heterocycles. The van der Waals surface area contributed by atoms with E-state index in [1.165, 1.54) is 0 Å². The van der Waals surface area contributed by atoms with Crippen LogP contribution in [0.2, 0.25) is 5.15 Å². The molecule has 4 aromatic rings. The summed E-state index contributed by atoms with van der Waals surface area (Å²) in [6.07, 6.45) is 1.59. The van der Waals surface area contributed by atoms with E-state index in [1.54, 1.807) is 30.3 Å². The molecule has 0 saturated carbocycles. The lowest BCUT2D eigenvalue weighted by atomic mass is 10.0. The summed E-state index contributed by atoms with van der Waals surface area (Å²) in [5.74, 6) is 0.197. The number of nitriles is 1. The summed E-state index contributed by atoms with van der Waals surface area (Å²) in [4.78, 5) is 23.9. The van der Waals surface area contributed by atoms with E-state index in [9.17, 15) is 10.1 Å². The quantitative estimate of drug-likeness (QED) is 0.396. The van der Waals surface area contributed by atoms with Crippen molar-refractivity contribution in [1.82, 2.24) is 15.0 Å². The lowest BCUT2D eigenvalue weighted by Crippen LogP contribution is -2.11. The van der Waals surface area contributed by atoms with Gasteiger partial charge in [0.2, 0.25) is 0 Å². The molecule has 2 aromatic heterocycles. The average molecular weight is 387 g/mol. The lowest BCUT2D eigenvalue weighted by Gasteiger charge is -2.08. The molecule has 0 aliphatic carbocycles. The monoisotopic (exact) mass is 386 g/mol. The fourth-order valence-corrected chi connectivity index (χ4v) is 3.29. The number of fused-ring (bicyclic) bond motifs is 2. The SMILES string of the molecule is Cc1ccc2cc(C=C(C#N)c3nc4ccccc4c(=O)[nH]3)c(Cl)nc2c1C. The summed E-state index contributed by atoms with van der Waals surface area (Å²) < 4.78 is 0. The summed E-state index contributed by atoms with van der Waals surface area (Å²) in [6.45, 7) is 4.02. The number of allylic oxidation sites excluding steroid dienone is 1. The van der Waals surface area contributed by atoms with Crippen molar-refractivity contribution >= 4 is 45.1 Å². The van der Waals surface area contributed by atoms with Crippen LogP contribution in [0.4, 0.5) is 0 Å². The number of nitrogens with zero attached hydrogens (tertiary/aromatic N) is 3. The lowest BCUT2D eigenvalue weighted by molar-refractivity contribution is 1.13. The van der Waals surface area contributed by atoms with E-state index < -0.39 is 0 Å². The molecule has 5 nitrogen and oxygen atoms in total. The number of nitrogens with one attached hydrogen (secondary N) is 1. The minimum absolute atomic E-state index is 0.197. The first kappa shape index (κ1) is 17.9. The van der Waals surface area contributed by atoms with Crippen LogP contribution in [0.1, 0.15) is 22.5 Å². The standard InChI is InChI=1S/C22H15ClN4O/c1-12-7-8-14-9-15(20(23)26-19(14)13(12)2)10-16(11-24)21-25-18-6-4-3-5-17(18)22(28)27-21/h3-10H,1-2H3,(H,25,27,28). The van der Waals surface area contributed by atoms with Gasteiger partial charge in [-0.25, -0.2) is 9.97 Å². The topological polar surface area (TPSA) is 82.4 Å². The van der Waals surface area contributed by atoms with Crippen LogP contribution in [0.15, 0.2) is 47.3 Å². The number of hydrogen-bond donors (Lipinski definition) is 1. The molecule has 2 aromatic carbocycles. The van der Waals surface area contributed by atoms with Gasteiger partial charge in [-0.3, -0.25) is 4.79 Å². The second-order valence-corrected chi connectivity index (χ2v) is 6.91. The van der Waals surface area contributed by atoms with Crippen molar-refractivity contribution in [3.8, 4) is 6.07 Å². The molecular weight excluding hydrogens is 372 g/mol. The number of rotatable bonds is 2. The van der Waals surface area contributed by atoms with Gasteiger partial charge in [-0.1, -0.05) is 35.9 Å². The number of H-pyrrole nitrogens is 1. The smallest absolute Gasteiger partial charge is 0.259 e. The molecule has 0 unspecified atom stereocenters. The van der Waals surface area contributed by atoms with Crippen LogP contribution in [-0.2, 0) is 0 Å². The largest absolute Gasteiger partial charge is 0.305 e. The number of aryl methyl sites for hydroxylation is 2. The molecule has 0 fully saturated rings. The van der Waals surface area contributed by atoms with E-state index in [2.05, 4.69) is 21.0 Å². The number of aromatic amines is 1. The Morgan fingerprint density at radius 1 is 1.18 bits per heavy atom. The third kappa shape index (κ3) is 3.04. The maximum absolute atomic E-state index is 12.3. The fraction of sp³-hybridized carbons (Fsp3) is 0.0909. The second kappa shape index (κ2) is 6.91. The third-order valence-electron chi connectivity index (χ3n) is 4.78. The number of halogens is 1. The van der Waals surface area contributed by atoms with Gasteiger partial charge in [-0.2, -0.15) is 5.26 Å². The molecule has 0 amide bonds. The predicted molar refractivity (Wildman–Crippen MR) is 112 cm³/mol. The summed E-state index contributed by atoms with van der Waals surface area (Å²) in [5.41, 5.74) is 4.05. The number of aromatic nitrogens is 3. The molecule has 1 N–H and O–H groups in total. The van der Waals surface area contributed by atoms with Gasteiger partial charge in [0.25, 0.3) is 5.56 Å². The zero-order valence-electron chi connectivity index (χ0n) is 15.2. The Bertz CT molecular complexity index is 1380. The summed E-state index contributed by atoms with van der Waals surface area (Å²) in [6, 6.07) is 15.0. The molecule has 2 heterocycles. The van der Waals surface area contributed by atoms with Gasteiger partial charge >= 0.3 is 0 Å². The average Bonchev–Trinajstić information content (AvgIpc) is 2.70. The molecule has 0 saturated heterocycles. The maximum atomic E-state index is 12.3. The van der Waals surface area contributed by atoms with Gasteiger partial charge in [0.05, 0.1) is 22.0 Å². The van der Waals surface area contributed by atoms with Crippen molar-refractivity contribution in [2.45, 2.75) is 13.8 Å². The number of hydrogen-bond acceptors (Lipinski definition) is 4. The van der Waals surface area contributed by atoms with Gasteiger partial charge in [-0.05, 0) is 49.2 Å².